The summed E-state index contributed by atoms with van der Waals surface area (Å²) in [5, 5.41) is 6.76. The van der Waals surface area contributed by atoms with Gasteiger partial charge in [0, 0.05) is 24.4 Å². The number of nitrogens with zero attached hydrogens (tertiary/aromatic N) is 2. The molecule has 7 heteroatoms. The minimum absolute atomic E-state index is 0.180. The van der Waals surface area contributed by atoms with Crippen molar-refractivity contribution in [2.75, 3.05) is 17.2 Å². The number of anilines is 2. The second-order valence-electron chi connectivity index (χ2n) is 7.65. The highest BCUT2D eigenvalue weighted by Crippen LogP contribution is 2.25. The first-order valence-electron chi connectivity index (χ1n) is 9.67. The van der Waals surface area contributed by atoms with Crippen molar-refractivity contribution in [3.05, 3.63) is 11.8 Å². The molecule has 146 valence electrons. The number of ether oxygens (including phenoxy) is 1. The molecule has 1 fully saturated rings. The van der Waals surface area contributed by atoms with Gasteiger partial charge in [-0.05, 0) is 52.9 Å². The molecule has 0 spiro atoms. The van der Waals surface area contributed by atoms with Gasteiger partial charge in [0.25, 0.3) is 5.91 Å². The number of rotatable bonds is 9. The van der Waals surface area contributed by atoms with Crippen molar-refractivity contribution in [3.63, 3.8) is 0 Å². The van der Waals surface area contributed by atoms with Crippen molar-refractivity contribution in [1.82, 2.24) is 9.97 Å². The minimum atomic E-state index is -0.524. The number of carbonyl (C=O) groups is 1. The molecular formula is C19H33N5O2. The van der Waals surface area contributed by atoms with Crippen LogP contribution in [0.3, 0.4) is 0 Å². The molecule has 0 aromatic carbocycles. The van der Waals surface area contributed by atoms with Crippen molar-refractivity contribution < 1.29 is 9.53 Å². The maximum atomic E-state index is 11.7. The number of hydrogen-bond donors (Lipinski definition) is 3. The van der Waals surface area contributed by atoms with Crippen LogP contribution in [0.25, 0.3) is 0 Å². The number of nitrogens with two attached hydrogens (primary N) is 1. The van der Waals surface area contributed by atoms with Gasteiger partial charge in [-0.2, -0.15) is 4.98 Å². The molecule has 7 nitrogen and oxygen atoms in total. The van der Waals surface area contributed by atoms with Crippen LogP contribution in [0.2, 0.25) is 0 Å². The molecule has 1 heterocycles. The SMILES string of the molecule is CCCC(C)(C)Nc1nc(NC2CCC(OCC)CC2)ncc1C(N)=O. The van der Waals surface area contributed by atoms with E-state index in [1.54, 1.807) is 0 Å². The summed E-state index contributed by atoms with van der Waals surface area (Å²) < 4.78 is 5.70. The summed E-state index contributed by atoms with van der Waals surface area (Å²) in [6.45, 7) is 9.11. The van der Waals surface area contributed by atoms with Gasteiger partial charge in [0.2, 0.25) is 5.95 Å². The van der Waals surface area contributed by atoms with Gasteiger partial charge >= 0.3 is 0 Å². The molecule has 1 aromatic heterocycles. The fourth-order valence-electron chi connectivity index (χ4n) is 3.53. The zero-order chi connectivity index (χ0) is 19.2. The topological polar surface area (TPSA) is 102 Å². The van der Waals surface area contributed by atoms with E-state index in [-0.39, 0.29) is 5.54 Å². The van der Waals surface area contributed by atoms with E-state index in [1.807, 2.05) is 6.92 Å². The lowest BCUT2D eigenvalue weighted by Crippen LogP contribution is -2.33. The minimum Gasteiger partial charge on any atom is -0.379 e. The molecule has 1 aliphatic rings. The molecule has 1 aromatic rings. The first-order chi connectivity index (χ1) is 12.3. The Morgan fingerprint density at radius 1 is 1.31 bits per heavy atom. The third-order valence-corrected chi connectivity index (χ3v) is 4.80. The van der Waals surface area contributed by atoms with Crippen molar-refractivity contribution in [1.29, 1.82) is 0 Å². The van der Waals surface area contributed by atoms with Crippen LogP contribution >= 0.6 is 0 Å². The van der Waals surface area contributed by atoms with Crippen LogP contribution in [-0.4, -0.2) is 40.2 Å². The van der Waals surface area contributed by atoms with Gasteiger partial charge in [0.1, 0.15) is 5.82 Å². The fourth-order valence-corrected chi connectivity index (χ4v) is 3.53. The van der Waals surface area contributed by atoms with Crippen LogP contribution in [0, 0.1) is 0 Å². The maximum Gasteiger partial charge on any atom is 0.254 e. The van der Waals surface area contributed by atoms with Gasteiger partial charge in [0.05, 0.1) is 11.7 Å². The van der Waals surface area contributed by atoms with Crippen molar-refractivity contribution >= 4 is 17.7 Å². The first-order valence-corrected chi connectivity index (χ1v) is 9.67. The smallest absolute Gasteiger partial charge is 0.254 e. The van der Waals surface area contributed by atoms with E-state index < -0.39 is 5.91 Å². The Labute approximate surface area is 156 Å². The molecule has 0 unspecified atom stereocenters. The van der Waals surface area contributed by atoms with Crippen LogP contribution in [0.5, 0.6) is 0 Å². The number of hydrogen-bond acceptors (Lipinski definition) is 6. The Kier molecular flexibility index (Phi) is 7.20. The average Bonchev–Trinajstić information content (AvgIpc) is 2.56. The van der Waals surface area contributed by atoms with Crippen molar-refractivity contribution in [2.24, 2.45) is 5.73 Å². The Morgan fingerprint density at radius 3 is 2.58 bits per heavy atom. The number of primary amides is 1. The first kappa shape index (κ1) is 20.4. The molecule has 2 rings (SSSR count). The maximum absolute atomic E-state index is 11.7. The summed E-state index contributed by atoms with van der Waals surface area (Å²) in [6.07, 6.45) is 7.99. The van der Waals surface area contributed by atoms with Gasteiger partial charge in [-0.25, -0.2) is 4.98 Å². The molecule has 1 saturated carbocycles. The number of carbonyl (C=O) groups excluding carboxylic acids is 1. The monoisotopic (exact) mass is 363 g/mol. The van der Waals surface area contributed by atoms with Crippen LogP contribution in [0.1, 0.15) is 76.6 Å². The quantitative estimate of drug-likeness (QED) is 0.622. The lowest BCUT2D eigenvalue weighted by molar-refractivity contribution is 0.0346. The Hall–Kier alpha value is -1.89. The molecule has 0 atom stereocenters. The third kappa shape index (κ3) is 5.83. The Bertz CT molecular complexity index is 598. The molecule has 1 amide bonds. The third-order valence-electron chi connectivity index (χ3n) is 4.80. The lowest BCUT2D eigenvalue weighted by Gasteiger charge is -2.30. The molecule has 0 saturated heterocycles. The van der Waals surface area contributed by atoms with E-state index >= 15 is 0 Å². The summed E-state index contributed by atoms with van der Waals surface area (Å²) in [5.74, 6) is 0.504. The van der Waals surface area contributed by atoms with E-state index in [0.29, 0.717) is 29.5 Å². The molecule has 4 N–H and O–H groups in total. The zero-order valence-corrected chi connectivity index (χ0v) is 16.5. The van der Waals surface area contributed by atoms with Crippen LogP contribution in [0.4, 0.5) is 11.8 Å². The van der Waals surface area contributed by atoms with E-state index in [2.05, 4.69) is 41.4 Å². The highest BCUT2D eigenvalue weighted by Gasteiger charge is 2.24. The molecule has 26 heavy (non-hydrogen) atoms. The Balaban J connectivity index is 2.08. The largest absolute Gasteiger partial charge is 0.379 e. The standard InChI is InChI=1S/C19H33N5O2/c1-5-11-19(3,4)24-17-15(16(20)25)12-21-18(23-17)22-13-7-9-14(10-8-13)26-6-2/h12-14H,5-11H2,1-4H3,(H2,20,25)(H2,21,22,23,24). The fraction of sp³-hybridized carbons (Fsp3) is 0.737. The second-order valence-corrected chi connectivity index (χ2v) is 7.65. The second kappa shape index (κ2) is 9.16. The van der Waals surface area contributed by atoms with E-state index in [0.717, 1.165) is 45.1 Å². The number of nitrogens with one attached hydrogen (secondary N) is 2. The summed E-state index contributed by atoms with van der Waals surface area (Å²) in [7, 11) is 0. The van der Waals surface area contributed by atoms with E-state index in [9.17, 15) is 4.79 Å². The predicted octanol–water partition coefficient (Wildman–Crippen LogP) is 3.33. The average molecular weight is 364 g/mol. The number of amides is 1. The Morgan fingerprint density at radius 2 is 2.00 bits per heavy atom. The van der Waals surface area contributed by atoms with Crippen molar-refractivity contribution in [3.8, 4) is 0 Å². The molecule has 1 aliphatic carbocycles. The molecule has 0 radical (unpaired) electrons. The zero-order valence-electron chi connectivity index (χ0n) is 16.5. The predicted molar refractivity (Wildman–Crippen MR) is 104 cm³/mol. The summed E-state index contributed by atoms with van der Waals surface area (Å²) in [5.41, 5.74) is 5.63. The van der Waals surface area contributed by atoms with Crippen LogP contribution < -0.4 is 16.4 Å². The van der Waals surface area contributed by atoms with Gasteiger partial charge < -0.3 is 21.1 Å². The van der Waals surface area contributed by atoms with E-state index in [1.165, 1.54) is 6.20 Å². The van der Waals surface area contributed by atoms with E-state index in [4.69, 9.17) is 10.5 Å². The summed E-state index contributed by atoms with van der Waals surface area (Å²) in [4.78, 5) is 20.6. The highest BCUT2D eigenvalue weighted by molar-refractivity contribution is 5.97. The lowest BCUT2D eigenvalue weighted by atomic mass is 9.93. The normalized spacial score (nSPS) is 20.6. The summed E-state index contributed by atoms with van der Waals surface area (Å²) >= 11 is 0. The molecule has 0 aliphatic heterocycles. The van der Waals surface area contributed by atoms with Gasteiger partial charge in [-0.15, -0.1) is 0 Å². The highest BCUT2D eigenvalue weighted by atomic mass is 16.5. The van der Waals surface area contributed by atoms with Crippen LogP contribution in [-0.2, 0) is 4.74 Å². The number of aromatic nitrogens is 2. The van der Waals surface area contributed by atoms with Gasteiger partial charge in [0.15, 0.2) is 0 Å². The molecule has 0 bridgehead atoms. The van der Waals surface area contributed by atoms with Gasteiger partial charge in [-0.3, -0.25) is 4.79 Å². The van der Waals surface area contributed by atoms with Gasteiger partial charge in [-0.1, -0.05) is 13.3 Å². The summed E-state index contributed by atoms with van der Waals surface area (Å²) in [6, 6.07) is 0.322. The molecular weight excluding hydrogens is 330 g/mol. The van der Waals surface area contributed by atoms with Crippen LogP contribution in [0.15, 0.2) is 6.20 Å². The van der Waals surface area contributed by atoms with Crippen molar-refractivity contribution in [2.45, 2.75) is 83.9 Å².